The first-order valence-electron chi connectivity index (χ1n) is 9.12. The number of hydrogen-bond acceptors (Lipinski definition) is 4. The van der Waals surface area contributed by atoms with Gasteiger partial charge in [0.05, 0.1) is 6.61 Å². The Hall–Kier alpha value is -2.04. The van der Waals surface area contributed by atoms with E-state index in [0.29, 0.717) is 6.61 Å². The zero-order chi connectivity index (χ0) is 17.5. The average Bonchev–Trinajstić information content (AvgIpc) is 2.64. The van der Waals surface area contributed by atoms with E-state index in [0.717, 1.165) is 44.9 Å². The fourth-order valence-corrected chi connectivity index (χ4v) is 3.07. The number of nitrogens with one attached hydrogen (secondary N) is 1. The largest absolute Gasteiger partial charge is 0.493 e. The lowest BCUT2D eigenvalue weighted by atomic mass is 10.1. The van der Waals surface area contributed by atoms with Crippen LogP contribution in [0.5, 0.6) is 5.75 Å². The van der Waals surface area contributed by atoms with Gasteiger partial charge < -0.3 is 15.0 Å². The smallest absolute Gasteiger partial charge is 0.119 e. The van der Waals surface area contributed by atoms with Crippen LogP contribution in [0.15, 0.2) is 48.5 Å². The molecule has 1 aliphatic rings. The number of nitrogens with zero attached hydrogens (tertiary/aromatic N) is 2. The minimum atomic E-state index is 0.707. The highest BCUT2D eigenvalue weighted by atomic mass is 16.5. The van der Waals surface area contributed by atoms with Gasteiger partial charge in [-0.05, 0) is 35.4 Å². The van der Waals surface area contributed by atoms with Crippen molar-refractivity contribution >= 4 is 5.69 Å². The summed E-state index contributed by atoms with van der Waals surface area (Å²) in [6.07, 6.45) is 0.934. The monoisotopic (exact) mass is 339 g/mol. The van der Waals surface area contributed by atoms with Crippen LogP contribution >= 0.6 is 0 Å². The molecule has 0 atom stereocenters. The van der Waals surface area contributed by atoms with Crippen molar-refractivity contribution in [2.75, 3.05) is 51.8 Å². The third-order valence-corrected chi connectivity index (χ3v) is 4.65. The molecule has 1 aliphatic heterocycles. The Morgan fingerprint density at radius 1 is 0.920 bits per heavy atom. The van der Waals surface area contributed by atoms with Gasteiger partial charge in [0.25, 0.3) is 0 Å². The Morgan fingerprint density at radius 2 is 1.56 bits per heavy atom. The van der Waals surface area contributed by atoms with E-state index in [1.54, 1.807) is 0 Å². The molecule has 1 heterocycles. The molecular weight excluding hydrogens is 310 g/mol. The van der Waals surface area contributed by atoms with Crippen molar-refractivity contribution < 1.29 is 4.74 Å². The number of piperazine rings is 1. The van der Waals surface area contributed by atoms with E-state index < -0.39 is 0 Å². The van der Waals surface area contributed by atoms with E-state index >= 15 is 0 Å². The summed E-state index contributed by atoms with van der Waals surface area (Å²) in [6.45, 7) is 6.25. The molecule has 2 aromatic carbocycles. The summed E-state index contributed by atoms with van der Waals surface area (Å²) in [7, 11) is 4.09. The first-order valence-corrected chi connectivity index (χ1v) is 9.12. The average molecular weight is 339 g/mol. The highest BCUT2D eigenvalue weighted by Crippen LogP contribution is 2.18. The molecular formula is C21H29N3O. The molecule has 1 N–H and O–H groups in total. The second-order valence-corrected chi connectivity index (χ2v) is 6.83. The van der Waals surface area contributed by atoms with Crippen molar-refractivity contribution in [3.05, 3.63) is 59.7 Å². The van der Waals surface area contributed by atoms with Gasteiger partial charge in [0.15, 0.2) is 0 Å². The maximum Gasteiger partial charge on any atom is 0.119 e. The summed E-state index contributed by atoms with van der Waals surface area (Å²) in [6, 6.07) is 17.2. The number of rotatable bonds is 7. The molecule has 3 rings (SSSR count). The molecule has 1 saturated heterocycles. The molecule has 0 spiro atoms. The maximum atomic E-state index is 5.86. The van der Waals surface area contributed by atoms with Crippen LogP contribution in [-0.2, 0) is 13.0 Å². The lowest BCUT2D eigenvalue weighted by Crippen LogP contribution is -2.42. The molecule has 0 bridgehead atoms. The molecule has 1 fully saturated rings. The van der Waals surface area contributed by atoms with Gasteiger partial charge in [-0.2, -0.15) is 0 Å². The second-order valence-electron chi connectivity index (χ2n) is 6.83. The molecule has 4 heteroatoms. The molecule has 0 amide bonds. The molecule has 134 valence electrons. The summed E-state index contributed by atoms with van der Waals surface area (Å²) in [5.74, 6) is 0.931. The highest BCUT2D eigenvalue weighted by Gasteiger charge is 2.09. The van der Waals surface area contributed by atoms with Crippen molar-refractivity contribution in [3.63, 3.8) is 0 Å². The van der Waals surface area contributed by atoms with Gasteiger partial charge in [-0.1, -0.05) is 24.3 Å². The molecule has 0 aliphatic carbocycles. The Labute approximate surface area is 151 Å². The van der Waals surface area contributed by atoms with E-state index in [-0.39, 0.29) is 0 Å². The number of hydrogen-bond donors (Lipinski definition) is 1. The Bertz CT molecular complexity index is 631. The highest BCUT2D eigenvalue weighted by molar-refractivity contribution is 5.47. The van der Waals surface area contributed by atoms with Crippen molar-refractivity contribution in [3.8, 4) is 5.75 Å². The third kappa shape index (κ3) is 5.48. The van der Waals surface area contributed by atoms with Crippen molar-refractivity contribution in [1.82, 2.24) is 10.2 Å². The Kier molecular flexibility index (Phi) is 6.31. The quantitative estimate of drug-likeness (QED) is 0.839. The molecule has 0 radical (unpaired) electrons. The van der Waals surface area contributed by atoms with Gasteiger partial charge in [-0.25, -0.2) is 0 Å². The van der Waals surface area contributed by atoms with Crippen LogP contribution < -0.4 is 15.0 Å². The van der Waals surface area contributed by atoms with Gasteiger partial charge in [0.1, 0.15) is 5.75 Å². The molecule has 25 heavy (non-hydrogen) atoms. The normalized spacial score (nSPS) is 15.1. The predicted molar refractivity (Wildman–Crippen MR) is 105 cm³/mol. The number of anilines is 1. The van der Waals surface area contributed by atoms with Crippen LogP contribution in [0, 0.1) is 0 Å². The second kappa shape index (κ2) is 8.88. The summed E-state index contributed by atoms with van der Waals surface area (Å²) in [5, 5.41) is 3.40. The van der Waals surface area contributed by atoms with Crippen LogP contribution in [0.4, 0.5) is 5.69 Å². The van der Waals surface area contributed by atoms with E-state index in [4.69, 9.17) is 4.74 Å². The summed E-state index contributed by atoms with van der Waals surface area (Å²) < 4.78 is 5.86. The van der Waals surface area contributed by atoms with E-state index in [9.17, 15) is 0 Å². The van der Waals surface area contributed by atoms with Gasteiger partial charge in [0.2, 0.25) is 0 Å². The Balaban J connectivity index is 1.43. The summed E-state index contributed by atoms with van der Waals surface area (Å²) in [4.78, 5) is 4.59. The van der Waals surface area contributed by atoms with Crippen LogP contribution in [0.3, 0.4) is 0 Å². The lowest BCUT2D eigenvalue weighted by molar-refractivity contribution is 0.233. The third-order valence-electron chi connectivity index (χ3n) is 4.65. The van der Waals surface area contributed by atoms with E-state index in [1.807, 2.05) is 26.2 Å². The van der Waals surface area contributed by atoms with Crippen molar-refractivity contribution in [2.24, 2.45) is 0 Å². The fourth-order valence-electron chi connectivity index (χ4n) is 3.07. The number of benzene rings is 2. The predicted octanol–water partition coefficient (Wildman–Crippen LogP) is 2.78. The Morgan fingerprint density at radius 3 is 2.20 bits per heavy atom. The van der Waals surface area contributed by atoms with Crippen LogP contribution in [0.1, 0.15) is 11.1 Å². The standard InChI is InChI=1S/C21H29N3O/c1-23(2)20-7-9-21(10-8-20)25-16-11-18-3-5-19(6-4-18)17-24-14-12-22-13-15-24/h3-10,22H,11-17H2,1-2H3. The number of ether oxygens (including phenoxy) is 1. The van der Waals surface area contributed by atoms with Gasteiger partial charge in [0, 0.05) is 58.9 Å². The molecule has 0 unspecified atom stereocenters. The zero-order valence-electron chi connectivity index (χ0n) is 15.4. The summed E-state index contributed by atoms with van der Waals surface area (Å²) in [5.41, 5.74) is 3.91. The molecule has 2 aromatic rings. The fraction of sp³-hybridized carbons (Fsp3) is 0.429. The van der Waals surface area contributed by atoms with Gasteiger partial charge in [-0.15, -0.1) is 0 Å². The van der Waals surface area contributed by atoms with Crippen molar-refractivity contribution in [1.29, 1.82) is 0 Å². The molecule has 0 saturated carbocycles. The first-order chi connectivity index (χ1) is 12.2. The van der Waals surface area contributed by atoms with E-state index in [1.165, 1.54) is 16.8 Å². The van der Waals surface area contributed by atoms with Crippen LogP contribution in [0.2, 0.25) is 0 Å². The SMILES string of the molecule is CN(C)c1ccc(OCCc2ccc(CN3CCNCC3)cc2)cc1. The van der Waals surface area contributed by atoms with Crippen LogP contribution in [0.25, 0.3) is 0 Å². The molecule has 0 aromatic heterocycles. The van der Waals surface area contributed by atoms with Gasteiger partial charge in [-0.3, -0.25) is 4.90 Å². The van der Waals surface area contributed by atoms with Gasteiger partial charge >= 0.3 is 0 Å². The zero-order valence-corrected chi connectivity index (χ0v) is 15.4. The van der Waals surface area contributed by atoms with Crippen molar-refractivity contribution in [2.45, 2.75) is 13.0 Å². The minimum Gasteiger partial charge on any atom is -0.493 e. The topological polar surface area (TPSA) is 27.7 Å². The van der Waals surface area contributed by atoms with Crippen LogP contribution in [-0.4, -0.2) is 51.8 Å². The lowest BCUT2D eigenvalue weighted by Gasteiger charge is -2.27. The minimum absolute atomic E-state index is 0.707. The maximum absolute atomic E-state index is 5.86. The van der Waals surface area contributed by atoms with E-state index in [2.05, 4.69) is 51.5 Å². The molecule has 4 nitrogen and oxygen atoms in total. The first kappa shape index (κ1) is 17.8. The summed E-state index contributed by atoms with van der Waals surface area (Å²) >= 11 is 0.